The van der Waals surface area contributed by atoms with Crippen molar-refractivity contribution in [2.45, 2.75) is 76.3 Å². The van der Waals surface area contributed by atoms with Crippen LogP contribution >= 0.6 is 0 Å². The summed E-state index contributed by atoms with van der Waals surface area (Å²) in [4.78, 5) is 61.6. The van der Waals surface area contributed by atoms with Crippen LogP contribution in [0.5, 0.6) is 0 Å². The highest BCUT2D eigenvalue weighted by Gasteiger charge is 2.42. The standard InChI is InChI=1S/C52H38N2O4/c55-49-39-28-26-38-44-34(24-22-32-15-7-2-8-16-32)30-42-46-40(50(56)54(52(42)58)36-19-11-4-12-20-36)27-25-37(48(44)46)43-33(23-21-31-13-5-1-6-14-31)29-41(45(39)47(38)43)51(57)53(49)35-17-9-3-10-18-35/h1-2,5-8,13-16,25-30,35-36H,3-4,9-12,17-20H2. The molecule has 6 nitrogen and oxygen atoms in total. The number of hydrogen-bond donors (Lipinski definition) is 0. The Hall–Kier alpha value is -6.76. The van der Waals surface area contributed by atoms with Gasteiger partial charge >= 0.3 is 0 Å². The van der Waals surface area contributed by atoms with Crippen molar-refractivity contribution in [1.82, 2.24) is 9.80 Å². The predicted molar refractivity (Wildman–Crippen MR) is 227 cm³/mol. The number of carbonyl (C=O) groups excluding carboxylic acids is 4. The van der Waals surface area contributed by atoms with Gasteiger partial charge in [0.1, 0.15) is 0 Å². The molecule has 0 saturated heterocycles. The van der Waals surface area contributed by atoms with Crippen LogP contribution in [0.2, 0.25) is 0 Å². The Morgan fingerprint density at radius 1 is 0.379 bits per heavy atom. The second-order valence-electron chi connectivity index (χ2n) is 16.3. The molecule has 280 valence electrons. The Kier molecular flexibility index (Phi) is 7.98. The maximum absolute atomic E-state index is 14.8. The fraction of sp³-hybridized carbons (Fsp3) is 0.231. The van der Waals surface area contributed by atoms with Crippen molar-refractivity contribution in [3.8, 4) is 23.7 Å². The molecule has 0 spiro atoms. The predicted octanol–water partition coefficient (Wildman–Crippen LogP) is 10.4. The maximum atomic E-state index is 14.8. The molecule has 0 atom stereocenters. The Bertz CT molecular complexity index is 2850. The van der Waals surface area contributed by atoms with Gasteiger partial charge in [-0.05, 0) is 85.0 Å². The maximum Gasteiger partial charge on any atom is 0.261 e. The minimum absolute atomic E-state index is 0.150. The molecule has 2 aliphatic carbocycles. The zero-order valence-electron chi connectivity index (χ0n) is 32.0. The average Bonchev–Trinajstić information content (AvgIpc) is 3.27. The first-order valence-electron chi connectivity index (χ1n) is 20.7. The van der Waals surface area contributed by atoms with Gasteiger partial charge in [-0.3, -0.25) is 29.0 Å². The van der Waals surface area contributed by atoms with Crippen molar-refractivity contribution in [2.24, 2.45) is 0 Å². The van der Waals surface area contributed by atoms with Crippen molar-refractivity contribution in [3.63, 3.8) is 0 Å². The lowest BCUT2D eigenvalue weighted by Crippen LogP contribution is -2.48. The van der Waals surface area contributed by atoms with Crippen LogP contribution in [0.3, 0.4) is 0 Å². The van der Waals surface area contributed by atoms with Crippen LogP contribution in [0.25, 0.3) is 43.1 Å². The average molecular weight is 755 g/mol. The molecule has 7 aromatic carbocycles. The first kappa shape index (κ1) is 34.5. The highest BCUT2D eigenvalue weighted by Crippen LogP contribution is 2.49. The second kappa shape index (κ2) is 13.4. The van der Waals surface area contributed by atoms with Gasteiger partial charge in [0.05, 0.1) is 0 Å². The summed E-state index contributed by atoms with van der Waals surface area (Å²) in [5.41, 5.74) is 4.90. The summed E-state index contributed by atoms with van der Waals surface area (Å²) in [6, 6.07) is 30.6. The highest BCUT2D eigenvalue weighted by atomic mass is 16.2. The summed E-state index contributed by atoms with van der Waals surface area (Å²) in [5, 5.41) is 5.97. The van der Waals surface area contributed by atoms with Gasteiger partial charge in [0.25, 0.3) is 23.6 Å². The van der Waals surface area contributed by atoms with Crippen molar-refractivity contribution >= 4 is 66.7 Å². The van der Waals surface area contributed by atoms with E-state index in [1.54, 1.807) is 0 Å². The van der Waals surface area contributed by atoms with E-state index in [0.29, 0.717) is 44.2 Å². The van der Waals surface area contributed by atoms with E-state index in [4.69, 9.17) is 0 Å². The van der Waals surface area contributed by atoms with E-state index >= 15 is 0 Å². The topological polar surface area (TPSA) is 74.8 Å². The third kappa shape index (κ3) is 5.14. The number of nitrogens with zero attached hydrogens (tertiary/aromatic N) is 2. The van der Waals surface area contributed by atoms with E-state index in [9.17, 15) is 19.2 Å². The fourth-order valence-electron chi connectivity index (χ4n) is 10.4. The SMILES string of the molecule is O=C1c2ccc3c4c(C#Cc5ccccc5)cc5c6c(ccc(c7c(C#Cc8ccccc8)cc(c2c37)C(=O)N1C1CCCCC1)c64)C(=O)N(C1CCCCC1)C5=O. The van der Waals surface area contributed by atoms with E-state index in [0.717, 1.165) is 108 Å². The summed E-state index contributed by atoms with van der Waals surface area (Å²) < 4.78 is 0. The van der Waals surface area contributed by atoms with Gasteiger partial charge in [-0.1, -0.05) is 111 Å². The molecule has 6 heteroatoms. The Morgan fingerprint density at radius 2 is 0.759 bits per heavy atom. The van der Waals surface area contributed by atoms with Gasteiger partial charge in [0, 0.05) is 88.9 Å². The number of amides is 4. The lowest BCUT2D eigenvalue weighted by Gasteiger charge is -2.37. The highest BCUT2D eigenvalue weighted by molar-refractivity contribution is 6.42. The molecule has 0 N–H and O–H groups in total. The van der Waals surface area contributed by atoms with E-state index in [2.05, 4.69) is 23.7 Å². The number of fused-ring (bicyclic) bond motifs is 2. The van der Waals surface area contributed by atoms with Gasteiger partial charge in [-0.25, -0.2) is 0 Å². The van der Waals surface area contributed by atoms with Gasteiger partial charge < -0.3 is 0 Å². The number of carbonyl (C=O) groups is 4. The first-order chi connectivity index (χ1) is 28.5. The van der Waals surface area contributed by atoms with Crippen LogP contribution in [-0.4, -0.2) is 45.5 Å². The third-order valence-corrected chi connectivity index (χ3v) is 13.0. The van der Waals surface area contributed by atoms with Gasteiger partial charge in [-0.15, -0.1) is 0 Å². The van der Waals surface area contributed by atoms with E-state index < -0.39 is 0 Å². The first-order valence-corrected chi connectivity index (χ1v) is 20.7. The van der Waals surface area contributed by atoms with Crippen LogP contribution in [-0.2, 0) is 0 Å². The van der Waals surface area contributed by atoms with Crippen molar-refractivity contribution in [1.29, 1.82) is 0 Å². The molecule has 7 aromatic rings. The number of hydrogen-bond acceptors (Lipinski definition) is 4. The number of benzene rings is 7. The Balaban J connectivity index is 1.27. The molecule has 4 aliphatic rings. The molecule has 0 aromatic heterocycles. The van der Waals surface area contributed by atoms with Gasteiger partial charge in [0.15, 0.2) is 0 Å². The molecule has 2 fully saturated rings. The van der Waals surface area contributed by atoms with Crippen LogP contribution in [0.15, 0.2) is 97.1 Å². The second-order valence-corrected chi connectivity index (χ2v) is 16.3. The molecule has 2 aliphatic heterocycles. The molecular formula is C52H38N2O4. The van der Waals surface area contributed by atoms with E-state index in [1.807, 2.05) is 97.1 Å². The summed E-state index contributed by atoms with van der Waals surface area (Å²) in [6.07, 6.45) is 9.32. The zero-order chi connectivity index (χ0) is 39.1. The molecule has 0 unspecified atom stereocenters. The van der Waals surface area contributed by atoms with Crippen molar-refractivity contribution in [2.75, 3.05) is 0 Å². The van der Waals surface area contributed by atoms with Crippen molar-refractivity contribution < 1.29 is 19.2 Å². The molecular weight excluding hydrogens is 717 g/mol. The van der Waals surface area contributed by atoms with E-state index in [1.165, 1.54) is 9.80 Å². The fourth-order valence-corrected chi connectivity index (χ4v) is 10.4. The lowest BCUT2D eigenvalue weighted by atomic mass is 9.78. The normalized spacial score (nSPS) is 17.3. The summed E-state index contributed by atoms with van der Waals surface area (Å²) in [6.45, 7) is 0. The monoisotopic (exact) mass is 754 g/mol. The van der Waals surface area contributed by atoms with Crippen molar-refractivity contribution in [3.05, 3.63) is 142 Å². The minimum Gasteiger partial charge on any atom is -0.271 e. The van der Waals surface area contributed by atoms with Crippen LogP contribution < -0.4 is 0 Å². The quantitative estimate of drug-likeness (QED) is 0.0762. The van der Waals surface area contributed by atoms with Gasteiger partial charge in [0.2, 0.25) is 0 Å². The largest absolute Gasteiger partial charge is 0.271 e. The summed E-state index contributed by atoms with van der Waals surface area (Å²) in [5.74, 6) is 12.5. The van der Waals surface area contributed by atoms with Crippen LogP contribution in [0.4, 0.5) is 0 Å². The summed E-state index contributed by atoms with van der Waals surface area (Å²) >= 11 is 0. The third-order valence-electron chi connectivity index (χ3n) is 13.0. The summed E-state index contributed by atoms with van der Waals surface area (Å²) in [7, 11) is 0. The molecule has 0 radical (unpaired) electrons. The Morgan fingerprint density at radius 3 is 1.16 bits per heavy atom. The Labute approximate surface area is 336 Å². The number of rotatable bonds is 2. The molecule has 0 bridgehead atoms. The zero-order valence-corrected chi connectivity index (χ0v) is 32.0. The number of imide groups is 2. The van der Waals surface area contributed by atoms with E-state index in [-0.39, 0.29) is 35.7 Å². The molecule has 2 heterocycles. The molecule has 4 amide bonds. The minimum atomic E-state index is -0.282. The molecule has 11 rings (SSSR count). The molecule has 2 saturated carbocycles. The molecule has 58 heavy (non-hydrogen) atoms. The lowest BCUT2D eigenvalue weighted by molar-refractivity contribution is 0.0487. The van der Waals surface area contributed by atoms with Gasteiger partial charge in [-0.2, -0.15) is 0 Å². The van der Waals surface area contributed by atoms with Crippen LogP contribution in [0.1, 0.15) is 128 Å². The smallest absolute Gasteiger partial charge is 0.261 e. The van der Waals surface area contributed by atoms with Crippen LogP contribution in [0, 0.1) is 23.7 Å².